The molecule has 0 aliphatic carbocycles. The molecule has 0 amide bonds. The summed E-state index contributed by atoms with van der Waals surface area (Å²) in [5.41, 5.74) is 0. The van der Waals surface area contributed by atoms with Gasteiger partial charge in [0.2, 0.25) is 0 Å². The Kier molecular flexibility index (Phi) is 0.648. The van der Waals surface area contributed by atoms with E-state index in [1.165, 1.54) is 0 Å². The third kappa shape index (κ3) is 0.436. The van der Waals surface area contributed by atoms with Crippen molar-refractivity contribution in [1.82, 2.24) is 0 Å². The van der Waals surface area contributed by atoms with Gasteiger partial charge in [-0.05, 0) is 0 Å². The monoisotopic (exact) mass is 68.0 g/mol. The summed E-state index contributed by atoms with van der Waals surface area (Å²) in [6, 6.07) is 0. The van der Waals surface area contributed by atoms with E-state index in [4.69, 9.17) is 0 Å². The van der Waals surface area contributed by atoms with Crippen LogP contribution in [0.5, 0.6) is 0 Å². The molecular formula is C3H4N2. The molecule has 5 heavy (non-hydrogen) atoms. The number of azo groups is 1. The fourth-order valence-corrected chi connectivity index (χ4v) is 0.250. The minimum atomic E-state index is 0.847. The third-order valence-corrected chi connectivity index (χ3v) is 0.465. The molecule has 1 aliphatic heterocycles. The lowest BCUT2D eigenvalue weighted by Gasteiger charge is -1.61. The Hall–Kier alpha value is -0.400. The maximum Gasteiger partial charge on any atom is 0.142 e. The van der Waals surface area contributed by atoms with Crippen molar-refractivity contribution < 1.29 is 0 Å². The van der Waals surface area contributed by atoms with Gasteiger partial charge < -0.3 is 0 Å². The Morgan fingerprint density at radius 2 is 2.60 bits per heavy atom. The highest BCUT2D eigenvalue weighted by Gasteiger charge is 1.89. The van der Waals surface area contributed by atoms with Crippen LogP contribution >= 0.6 is 0 Å². The first kappa shape index (κ1) is 2.82. The van der Waals surface area contributed by atoms with E-state index in [-0.39, 0.29) is 0 Å². The average Bonchev–Trinajstić information content (AvgIpc) is 1.76. The van der Waals surface area contributed by atoms with Gasteiger partial charge >= 0.3 is 0 Å². The Balaban J connectivity index is 2.32. The molecule has 0 N–H and O–H groups in total. The van der Waals surface area contributed by atoms with Gasteiger partial charge in [-0.3, -0.25) is 0 Å². The molecule has 1 aliphatic rings. The average molecular weight is 68.1 g/mol. The molecule has 0 aromatic heterocycles. The Morgan fingerprint density at radius 3 is 2.80 bits per heavy atom. The highest BCUT2D eigenvalue weighted by molar-refractivity contribution is 4.64. The summed E-state index contributed by atoms with van der Waals surface area (Å²) < 4.78 is 0. The topological polar surface area (TPSA) is 24.7 Å². The van der Waals surface area contributed by atoms with Crippen molar-refractivity contribution in [2.24, 2.45) is 10.2 Å². The molecule has 2 nitrogen and oxygen atoms in total. The molecule has 2 heteroatoms. The Bertz CT molecular complexity index is 42.9. The molecule has 2 radical (unpaired) electrons. The van der Waals surface area contributed by atoms with Gasteiger partial charge in [0.05, 0.1) is 6.54 Å². The van der Waals surface area contributed by atoms with Gasteiger partial charge in [0.15, 0.2) is 0 Å². The summed E-state index contributed by atoms with van der Waals surface area (Å²) in [6.07, 6.45) is 0.917. The van der Waals surface area contributed by atoms with E-state index in [1.807, 2.05) is 0 Å². The van der Waals surface area contributed by atoms with Gasteiger partial charge in [-0.25, -0.2) is 0 Å². The minimum Gasteiger partial charge on any atom is -0.193 e. The maximum atomic E-state index is 3.60. The Morgan fingerprint density at radius 1 is 1.60 bits per heavy atom. The molecule has 0 atom stereocenters. The predicted molar refractivity (Wildman–Crippen MR) is 17.6 cm³/mol. The fraction of sp³-hybridized carbons (Fsp3) is 0.667. The van der Waals surface area contributed by atoms with Crippen LogP contribution in [0.25, 0.3) is 0 Å². The second-order valence-electron chi connectivity index (χ2n) is 0.873. The zero-order valence-electron chi connectivity index (χ0n) is 2.81. The van der Waals surface area contributed by atoms with Crippen LogP contribution in [0.4, 0.5) is 0 Å². The summed E-state index contributed by atoms with van der Waals surface area (Å²) in [5.74, 6) is 0. The molecule has 0 bridgehead atoms. The first-order valence-corrected chi connectivity index (χ1v) is 1.59. The fourth-order valence-electron chi connectivity index (χ4n) is 0.250. The van der Waals surface area contributed by atoms with Crippen LogP contribution in [-0.4, -0.2) is 6.54 Å². The molecule has 1 heterocycles. The normalized spacial score (nSPS) is 20.8. The maximum absolute atomic E-state index is 3.60. The van der Waals surface area contributed by atoms with E-state index in [1.54, 1.807) is 0 Å². The molecule has 0 spiro atoms. The van der Waals surface area contributed by atoms with E-state index in [9.17, 15) is 0 Å². The van der Waals surface area contributed by atoms with E-state index in [2.05, 4.69) is 16.8 Å². The van der Waals surface area contributed by atoms with Crippen LogP contribution in [0.1, 0.15) is 6.42 Å². The molecule has 0 aromatic carbocycles. The Labute approximate surface area is 30.9 Å². The first-order valence-electron chi connectivity index (χ1n) is 1.59. The third-order valence-electron chi connectivity index (χ3n) is 0.465. The van der Waals surface area contributed by atoms with Crippen molar-refractivity contribution in [3.63, 3.8) is 0 Å². The summed E-state index contributed by atoms with van der Waals surface area (Å²) in [5, 5.41) is 7.06. The highest BCUT2D eigenvalue weighted by atomic mass is 15.1. The number of hydrogen-bond acceptors (Lipinski definition) is 2. The summed E-state index contributed by atoms with van der Waals surface area (Å²) in [4.78, 5) is 0. The molecule has 0 saturated carbocycles. The highest BCUT2D eigenvalue weighted by Crippen LogP contribution is 1.97. The summed E-state index contributed by atoms with van der Waals surface area (Å²) in [6.45, 7) is 3.53. The zero-order chi connectivity index (χ0) is 3.54. The number of rotatable bonds is 0. The van der Waals surface area contributed by atoms with Crippen molar-refractivity contribution in [3.8, 4) is 0 Å². The van der Waals surface area contributed by atoms with Crippen LogP contribution in [0.15, 0.2) is 10.2 Å². The molecule has 0 unspecified atom stereocenters. The summed E-state index contributed by atoms with van der Waals surface area (Å²) in [7, 11) is 0. The second kappa shape index (κ2) is 1.15. The van der Waals surface area contributed by atoms with E-state index >= 15 is 0 Å². The molecular weight excluding hydrogens is 64.0 g/mol. The molecule has 0 aromatic rings. The van der Waals surface area contributed by atoms with Gasteiger partial charge in [-0.1, -0.05) is 0 Å². The van der Waals surface area contributed by atoms with Crippen molar-refractivity contribution in [1.29, 1.82) is 0 Å². The quantitative estimate of drug-likeness (QED) is 0.402. The standard InChI is InChI=1S/C3H4N2/c1-2-4-5-3-1/h1-2H2. The van der Waals surface area contributed by atoms with Gasteiger partial charge in [0.25, 0.3) is 0 Å². The molecule has 0 fully saturated rings. The van der Waals surface area contributed by atoms with Gasteiger partial charge in [0.1, 0.15) is 6.54 Å². The SMILES string of the molecule is [C]1CCN=N1. The predicted octanol–water partition coefficient (Wildman–Crippen LogP) is 0.881. The lowest BCUT2D eigenvalue weighted by Crippen LogP contribution is -1.62. The van der Waals surface area contributed by atoms with Crippen molar-refractivity contribution in [3.05, 3.63) is 6.54 Å². The van der Waals surface area contributed by atoms with E-state index in [0.29, 0.717) is 0 Å². The van der Waals surface area contributed by atoms with Crippen molar-refractivity contribution >= 4 is 0 Å². The van der Waals surface area contributed by atoms with Crippen molar-refractivity contribution in [2.75, 3.05) is 6.54 Å². The first-order chi connectivity index (χ1) is 2.50. The van der Waals surface area contributed by atoms with Crippen LogP contribution < -0.4 is 0 Å². The van der Waals surface area contributed by atoms with Crippen molar-refractivity contribution in [2.45, 2.75) is 6.42 Å². The molecule has 0 saturated heterocycles. The van der Waals surface area contributed by atoms with Gasteiger partial charge in [-0.2, -0.15) is 10.2 Å². The molecule has 26 valence electrons. The molecule has 1 rings (SSSR count). The van der Waals surface area contributed by atoms with E-state index < -0.39 is 0 Å². The lowest BCUT2D eigenvalue weighted by molar-refractivity contribution is 1.04. The van der Waals surface area contributed by atoms with Crippen LogP contribution in [-0.2, 0) is 0 Å². The number of nitrogens with zero attached hydrogens (tertiary/aromatic N) is 2. The largest absolute Gasteiger partial charge is 0.193 e. The minimum absolute atomic E-state index is 0.847. The van der Waals surface area contributed by atoms with Crippen LogP contribution in [0.2, 0.25) is 0 Å². The van der Waals surface area contributed by atoms with E-state index in [0.717, 1.165) is 13.0 Å². The smallest absolute Gasteiger partial charge is 0.142 e. The summed E-state index contributed by atoms with van der Waals surface area (Å²) >= 11 is 0. The number of hydrogen-bond donors (Lipinski definition) is 0. The van der Waals surface area contributed by atoms with Gasteiger partial charge in [0, 0.05) is 6.42 Å². The van der Waals surface area contributed by atoms with Gasteiger partial charge in [-0.15, -0.1) is 0 Å². The van der Waals surface area contributed by atoms with Crippen LogP contribution in [0, 0.1) is 6.54 Å². The lowest BCUT2D eigenvalue weighted by atomic mass is 10.5. The second-order valence-corrected chi connectivity index (χ2v) is 0.873. The van der Waals surface area contributed by atoms with Crippen LogP contribution in [0.3, 0.4) is 0 Å². The zero-order valence-corrected chi connectivity index (χ0v) is 2.81.